The van der Waals surface area contributed by atoms with Gasteiger partial charge in [0, 0.05) is 24.2 Å². The average Bonchev–Trinajstić information content (AvgIpc) is 3.38. The molecule has 186 valence electrons. The zero-order chi connectivity index (χ0) is 25.2. The van der Waals surface area contributed by atoms with E-state index in [0.29, 0.717) is 47.3 Å². The number of carbonyl (C=O) groups excluding carboxylic acids is 1. The predicted octanol–water partition coefficient (Wildman–Crippen LogP) is 4.16. The van der Waals surface area contributed by atoms with Crippen LogP contribution in [0.3, 0.4) is 0 Å². The standard InChI is InChI=1S/C26H24N2O8/c1-32-23-11-16-9-10-27(26(29)17-3-8-22-25(12-17)36-15-35-22)21(20(16)13-24(23)33-2)14-34-19-6-4-18(5-7-19)28(30)31/h3-8,11-13,21H,9-10,14-15H2,1-2H3/t21-/m0/s1. The molecule has 0 bridgehead atoms. The van der Waals surface area contributed by atoms with Gasteiger partial charge in [0.25, 0.3) is 11.6 Å². The maximum Gasteiger partial charge on any atom is 0.269 e. The van der Waals surface area contributed by atoms with Crippen molar-refractivity contribution in [2.24, 2.45) is 0 Å². The molecule has 2 aliphatic heterocycles. The summed E-state index contributed by atoms with van der Waals surface area (Å²) in [5.41, 5.74) is 2.36. The molecule has 3 aromatic rings. The number of nitro benzene ring substituents is 1. The van der Waals surface area contributed by atoms with E-state index in [9.17, 15) is 14.9 Å². The third kappa shape index (κ3) is 4.33. The van der Waals surface area contributed by atoms with Gasteiger partial charge in [-0.2, -0.15) is 0 Å². The molecule has 0 N–H and O–H groups in total. The summed E-state index contributed by atoms with van der Waals surface area (Å²) in [6, 6.07) is 14.3. The topological polar surface area (TPSA) is 110 Å². The molecular formula is C26H24N2O8. The molecule has 0 saturated carbocycles. The molecule has 0 aliphatic carbocycles. The maximum absolute atomic E-state index is 13.7. The van der Waals surface area contributed by atoms with Crippen LogP contribution in [-0.2, 0) is 6.42 Å². The Balaban J connectivity index is 1.47. The largest absolute Gasteiger partial charge is 0.493 e. The highest BCUT2D eigenvalue weighted by Crippen LogP contribution is 2.40. The van der Waals surface area contributed by atoms with E-state index in [1.165, 1.54) is 12.1 Å². The SMILES string of the molecule is COc1cc2c(cc1OC)[C@H](COc1ccc([N+](=O)[O-])cc1)N(C(=O)c1ccc3c(c1)OCO3)CC2. The number of ether oxygens (including phenoxy) is 5. The lowest BCUT2D eigenvalue weighted by molar-refractivity contribution is -0.384. The van der Waals surface area contributed by atoms with Crippen molar-refractivity contribution < 1.29 is 33.4 Å². The number of methoxy groups -OCH3 is 2. The molecule has 5 rings (SSSR count). The first-order chi connectivity index (χ1) is 17.5. The number of non-ortho nitro benzene ring substituents is 1. The number of nitrogens with zero attached hydrogens (tertiary/aromatic N) is 2. The molecule has 0 aromatic heterocycles. The van der Waals surface area contributed by atoms with Gasteiger partial charge in [-0.3, -0.25) is 14.9 Å². The van der Waals surface area contributed by atoms with Crippen molar-refractivity contribution in [3.05, 3.63) is 81.4 Å². The van der Waals surface area contributed by atoms with Crippen molar-refractivity contribution in [1.29, 1.82) is 0 Å². The van der Waals surface area contributed by atoms with Gasteiger partial charge in [0.15, 0.2) is 23.0 Å². The Labute approximate surface area is 207 Å². The highest BCUT2D eigenvalue weighted by Gasteiger charge is 2.34. The normalized spacial score (nSPS) is 15.7. The smallest absolute Gasteiger partial charge is 0.269 e. The lowest BCUT2D eigenvalue weighted by Crippen LogP contribution is -2.42. The number of fused-ring (bicyclic) bond motifs is 2. The van der Waals surface area contributed by atoms with Gasteiger partial charge >= 0.3 is 0 Å². The summed E-state index contributed by atoms with van der Waals surface area (Å²) < 4.78 is 27.8. The Kier molecular flexibility index (Phi) is 6.24. The van der Waals surface area contributed by atoms with E-state index in [0.717, 1.165) is 11.1 Å². The van der Waals surface area contributed by atoms with Crippen LogP contribution < -0.4 is 23.7 Å². The molecule has 1 atom stereocenters. The van der Waals surface area contributed by atoms with Crippen LogP contribution in [0.5, 0.6) is 28.7 Å². The summed E-state index contributed by atoms with van der Waals surface area (Å²) in [5.74, 6) is 2.58. The second-order valence-electron chi connectivity index (χ2n) is 8.30. The van der Waals surface area contributed by atoms with E-state index in [4.69, 9.17) is 23.7 Å². The number of nitro groups is 1. The van der Waals surface area contributed by atoms with Gasteiger partial charge in [-0.15, -0.1) is 0 Å². The first-order valence-corrected chi connectivity index (χ1v) is 11.3. The second kappa shape index (κ2) is 9.65. The minimum absolute atomic E-state index is 0.0261. The van der Waals surface area contributed by atoms with Gasteiger partial charge < -0.3 is 28.6 Å². The van der Waals surface area contributed by atoms with Crippen molar-refractivity contribution in [2.75, 3.05) is 34.2 Å². The summed E-state index contributed by atoms with van der Waals surface area (Å²) in [6.07, 6.45) is 0.625. The second-order valence-corrected chi connectivity index (χ2v) is 8.30. The average molecular weight is 492 g/mol. The number of hydrogen-bond donors (Lipinski definition) is 0. The zero-order valence-electron chi connectivity index (χ0n) is 19.8. The summed E-state index contributed by atoms with van der Waals surface area (Å²) in [5, 5.41) is 11.0. The summed E-state index contributed by atoms with van der Waals surface area (Å²) >= 11 is 0. The number of carbonyl (C=O) groups is 1. The van der Waals surface area contributed by atoms with Gasteiger partial charge in [0.1, 0.15) is 12.4 Å². The molecule has 0 saturated heterocycles. The quantitative estimate of drug-likeness (QED) is 0.357. The summed E-state index contributed by atoms with van der Waals surface area (Å²) in [4.78, 5) is 25.9. The van der Waals surface area contributed by atoms with Crippen LogP contribution in [0.15, 0.2) is 54.6 Å². The molecule has 10 heteroatoms. The molecule has 2 aliphatic rings. The lowest BCUT2D eigenvalue weighted by atomic mass is 9.91. The van der Waals surface area contributed by atoms with Gasteiger partial charge in [0.05, 0.1) is 25.2 Å². The van der Waals surface area contributed by atoms with Crippen LogP contribution in [0.4, 0.5) is 5.69 Å². The van der Waals surface area contributed by atoms with Crippen molar-refractivity contribution in [2.45, 2.75) is 12.5 Å². The van der Waals surface area contributed by atoms with Crippen molar-refractivity contribution in [1.82, 2.24) is 4.90 Å². The van der Waals surface area contributed by atoms with Crippen molar-refractivity contribution >= 4 is 11.6 Å². The fourth-order valence-corrected chi connectivity index (χ4v) is 4.49. The Morgan fingerprint density at radius 2 is 1.75 bits per heavy atom. The molecule has 0 radical (unpaired) electrons. The minimum atomic E-state index is -0.466. The van der Waals surface area contributed by atoms with E-state index in [2.05, 4.69) is 0 Å². The molecular weight excluding hydrogens is 468 g/mol. The van der Waals surface area contributed by atoms with E-state index in [1.54, 1.807) is 49.5 Å². The van der Waals surface area contributed by atoms with E-state index in [1.807, 2.05) is 12.1 Å². The van der Waals surface area contributed by atoms with Gasteiger partial charge in [0.2, 0.25) is 6.79 Å². The molecule has 0 unspecified atom stereocenters. The van der Waals surface area contributed by atoms with E-state index in [-0.39, 0.29) is 25.0 Å². The number of hydrogen-bond acceptors (Lipinski definition) is 8. The van der Waals surface area contributed by atoms with Crippen LogP contribution in [0.1, 0.15) is 27.5 Å². The fraction of sp³-hybridized carbons (Fsp3) is 0.269. The first-order valence-electron chi connectivity index (χ1n) is 11.3. The van der Waals surface area contributed by atoms with Gasteiger partial charge in [-0.25, -0.2) is 0 Å². The molecule has 2 heterocycles. The van der Waals surface area contributed by atoms with E-state index >= 15 is 0 Å². The van der Waals surface area contributed by atoms with Crippen LogP contribution in [-0.4, -0.2) is 49.9 Å². The van der Waals surface area contributed by atoms with Crippen LogP contribution in [0, 0.1) is 10.1 Å². The lowest BCUT2D eigenvalue weighted by Gasteiger charge is -2.37. The molecule has 10 nitrogen and oxygen atoms in total. The molecule has 0 fully saturated rings. The number of benzene rings is 3. The highest BCUT2D eigenvalue weighted by molar-refractivity contribution is 5.95. The maximum atomic E-state index is 13.7. The van der Waals surface area contributed by atoms with Crippen LogP contribution in [0.25, 0.3) is 0 Å². The zero-order valence-corrected chi connectivity index (χ0v) is 19.8. The van der Waals surface area contributed by atoms with Crippen molar-refractivity contribution in [3.63, 3.8) is 0 Å². The van der Waals surface area contributed by atoms with Gasteiger partial charge in [-0.05, 0) is 60.0 Å². The first kappa shape index (κ1) is 23.3. The number of rotatable bonds is 7. The Morgan fingerprint density at radius 1 is 1.03 bits per heavy atom. The third-order valence-corrected chi connectivity index (χ3v) is 6.34. The van der Waals surface area contributed by atoms with Gasteiger partial charge in [-0.1, -0.05) is 0 Å². The molecule has 3 aromatic carbocycles. The number of amides is 1. The summed E-state index contributed by atoms with van der Waals surface area (Å²) in [7, 11) is 3.14. The summed E-state index contributed by atoms with van der Waals surface area (Å²) in [6.45, 7) is 0.720. The van der Waals surface area contributed by atoms with Crippen molar-refractivity contribution in [3.8, 4) is 28.7 Å². The highest BCUT2D eigenvalue weighted by atomic mass is 16.7. The third-order valence-electron chi connectivity index (χ3n) is 6.34. The Morgan fingerprint density at radius 3 is 2.47 bits per heavy atom. The van der Waals surface area contributed by atoms with E-state index < -0.39 is 11.0 Å². The molecule has 0 spiro atoms. The molecule has 1 amide bonds. The monoisotopic (exact) mass is 492 g/mol. The van der Waals surface area contributed by atoms with Crippen LogP contribution >= 0.6 is 0 Å². The Hall–Kier alpha value is -4.47. The van der Waals surface area contributed by atoms with Crippen LogP contribution in [0.2, 0.25) is 0 Å². The minimum Gasteiger partial charge on any atom is -0.493 e. The Bertz CT molecular complexity index is 1310. The fourth-order valence-electron chi connectivity index (χ4n) is 4.49. The molecule has 36 heavy (non-hydrogen) atoms. The predicted molar refractivity (Wildman–Crippen MR) is 128 cm³/mol.